The van der Waals surface area contributed by atoms with Crippen LogP contribution in [0.2, 0.25) is 0 Å². The van der Waals surface area contributed by atoms with E-state index in [0.717, 1.165) is 51.9 Å². The molecule has 2 aromatic rings. The van der Waals surface area contributed by atoms with Gasteiger partial charge in [0.15, 0.2) is 5.96 Å². The lowest BCUT2D eigenvalue weighted by atomic mass is 10.1. The second kappa shape index (κ2) is 11.9. The third-order valence-corrected chi connectivity index (χ3v) is 6.16. The molecule has 0 radical (unpaired) electrons. The SMILES string of the molecule is CCNC(=NCc1ccc(N2CCOCC2)cc1)NCc1ccc(CN2CCCC2)cc1. The Morgan fingerprint density at radius 1 is 0.844 bits per heavy atom. The van der Waals surface area contributed by atoms with E-state index in [-0.39, 0.29) is 0 Å². The van der Waals surface area contributed by atoms with E-state index in [9.17, 15) is 0 Å². The van der Waals surface area contributed by atoms with Crippen LogP contribution in [0.4, 0.5) is 5.69 Å². The van der Waals surface area contributed by atoms with Gasteiger partial charge in [-0.25, -0.2) is 4.99 Å². The molecule has 6 heteroatoms. The van der Waals surface area contributed by atoms with E-state index in [4.69, 9.17) is 9.73 Å². The minimum atomic E-state index is 0.660. The van der Waals surface area contributed by atoms with E-state index in [1.165, 1.54) is 48.3 Å². The zero-order chi connectivity index (χ0) is 22.0. The third-order valence-electron chi connectivity index (χ3n) is 6.16. The molecule has 2 fully saturated rings. The second-order valence-corrected chi connectivity index (χ2v) is 8.61. The molecule has 0 spiro atoms. The fourth-order valence-electron chi connectivity index (χ4n) is 4.29. The minimum absolute atomic E-state index is 0.660. The van der Waals surface area contributed by atoms with Gasteiger partial charge in [-0.1, -0.05) is 36.4 Å². The molecule has 0 unspecified atom stereocenters. The molecule has 32 heavy (non-hydrogen) atoms. The maximum absolute atomic E-state index is 5.44. The maximum atomic E-state index is 5.44. The largest absolute Gasteiger partial charge is 0.378 e. The number of hydrogen-bond donors (Lipinski definition) is 2. The van der Waals surface area contributed by atoms with Crippen molar-refractivity contribution in [3.63, 3.8) is 0 Å². The number of hydrogen-bond acceptors (Lipinski definition) is 4. The number of morpholine rings is 1. The fraction of sp³-hybridized carbons (Fsp3) is 0.500. The van der Waals surface area contributed by atoms with Crippen LogP contribution in [-0.4, -0.2) is 56.8 Å². The highest BCUT2D eigenvalue weighted by Gasteiger charge is 2.12. The molecule has 4 rings (SSSR count). The summed E-state index contributed by atoms with van der Waals surface area (Å²) in [6.07, 6.45) is 2.68. The van der Waals surface area contributed by atoms with E-state index < -0.39 is 0 Å². The molecule has 0 aromatic heterocycles. The normalized spacial score (nSPS) is 17.5. The number of ether oxygens (including phenoxy) is 1. The molecule has 2 N–H and O–H groups in total. The summed E-state index contributed by atoms with van der Waals surface area (Å²) >= 11 is 0. The summed E-state index contributed by atoms with van der Waals surface area (Å²) in [6.45, 7) is 11.5. The van der Waals surface area contributed by atoms with Crippen molar-refractivity contribution in [2.75, 3.05) is 50.8 Å². The summed E-state index contributed by atoms with van der Waals surface area (Å²) in [5.74, 6) is 0.853. The molecule has 0 atom stereocenters. The van der Waals surface area contributed by atoms with Gasteiger partial charge in [0, 0.05) is 38.4 Å². The first kappa shape index (κ1) is 22.6. The number of nitrogens with zero attached hydrogens (tertiary/aromatic N) is 3. The Kier molecular flexibility index (Phi) is 8.40. The van der Waals surface area contributed by atoms with Crippen molar-refractivity contribution in [1.82, 2.24) is 15.5 Å². The van der Waals surface area contributed by atoms with Crippen LogP contribution in [0, 0.1) is 0 Å². The zero-order valence-corrected chi connectivity index (χ0v) is 19.4. The molecule has 2 aromatic carbocycles. The summed E-state index contributed by atoms with van der Waals surface area (Å²) in [6, 6.07) is 17.7. The number of aliphatic imine (C=N–C) groups is 1. The predicted molar refractivity (Wildman–Crippen MR) is 132 cm³/mol. The first-order chi connectivity index (χ1) is 15.8. The van der Waals surface area contributed by atoms with Gasteiger partial charge in [-0.2, -0.15) is 0 Å². The first-order valence-electron chi connectivity index (χ1n) is 12.0. The Balaban J connectivity index is 1.28. The average Bonchev–Trinajstić information content (AvgIpc) is 3.36. The van der Waals surface area contributed by atoms with Gasteiger partial charge in [-0.05, 0) is 61.7 Å². The van der Waals surface area contributed by atoms with Gasteiger partial charge in [0.1, 0.15) is 0 Å². The zero-order valence-electron chi connectivity index (χ0n) is 19.4. The first-order valence-corrected chi connectivity index (χ1v) is 12.0. The lowest BCUT2D eigenvalue weighted by Gasteiger charge is -2.28. The maximum Gasteiger partial charge on any atom is 0.191 e. The van der Waals surface area contributed by atoms with E-state index in [1.807, 2.05) is 0 Å². The summed E-state index contributed by atoms with van der Waals surface area (Å²) in [5.41, 5.74) is 5.15. The summed E-state index contributed by atoms with van der Waals surface area (Å²) < 4.78 is 5.44. The van der Waals surface area contributed by atoms with Crippen LogP contribution in [0.5, 0.6) is 0 Å². The number of likely N-dealkylation sites (tertiary alicyclic amines) is 1. The second-order valence-electron chi connectivity index (χ2n) is 8.61. The molecule has 0 saturated carbocycles. The average molecular weight is 436 g/mol. The van der Waals surface area contributed by atoms with Gasteiger partial charge in [0.25, 0.3) is 0 Å². The Bertz CT molecular complexity index is 838. The van der Waals surface area contributed by atoms with Gasteiger partial charge >= 0.3 is 0 Å². The lowest BCUT2D eigenvalue weighted by molar-refractivity contribution is 0.122. The highest BCUT2D eigenvalue weighted by Crippen LogP contribution is 2.17. The molecule has 2 saturated heterocycles. The van der Waals surface area contributed by atoms with Crippen molar-refractivity contribution in [1.29, 1.82) is 0 Å². The highest BCUT2D eigenvalue weighted by molar-refractivity contribution is 5.79. The number of benzene rings is 2. The molecular weight excluding hydrogens is 398 g/mol. The summed E-state index contributed by atoms with van der Waals surface area (Å²) in [5, 5.41) is 6.83. The van der Waals surface area contributed by atoms with E-state index in [1.54, 1.807) is 0 Å². The number of nitrogens with one attached hydrogen (secondary N) is 2. The van der Waals surface area contributed by atoms with Gasteiger partial charge in [-0.15, -0.1) is 0 Å². The van der Waals surface area contributed by atoms with Crippen LogP contribution in [0.25, 0.3) is 0 Å². The Hall–Kier alpha value is -2.57. The molecule has 172 valence electrons. The lowest BCUT2D eigenvalue weighted by Crippen LogP contribution is -2.36. The molecule has 0 aliphatic carbocycles. The van der Waals surface area contributed by atoms with Crippen molar-refractivity contribution in [3.05, 3.63) is 65.2 Å². The van der Waals surface area contributed by atoms with Crippen molar-refractivity contribution in [3.8, 4) is 0 Å². The van der Waals surface area contributed by atoms with Crippen molar-refractivity contribution >= 4 is 11.6 Å². The van der Waals surface area contributed by atoms with Crippen molar-refractivity contribution in [2.24, 2.45) is 4.99 Å². The van der Waals surface area contributed by atoms with Gasteiger partial charge in [-0.3, -0.25) is 4.90 Å². The standard InChI is InChI=1S/C26H37N5O/c1-2-27-26(28-19-22-5-7-24(8-6-22)21-30-13-3-4-14-30)29-20-23-9-11-25(12-10-23)31-15-17-32-18-16-31/h5-12H,2-4,13-21H2,1H3,(H2,27,28,29). The Morgan fingerprint density at radius 3 is 2.19 bits per heavy atom. The van der Waals surface area contributed by atoms with Crippen LogP contribution in [-0.2, 0) is 24.4 Å². The number of rotatable bonds is 8. The Morgan fingerprint density at radius 2 is 1.50 bits per heavy atom. The number of anilines is 1. The summed E-state index contributed by atoms with van der Waals surface area (Å²) in [7, 11) is 0. The molecule has 2 aliphatic rings. The van der Waals surface area contributed by atoms with Crippen LogP contribution >= 0.6 is 0 Å². The monoisotopic (exact) mass is 435 g/mol. The van der Waals surface area contributed by atoms with E-state index >= 15 is 0 Å². The van der Waals surface area contributed by atoms with E-state index in [0.29, 0.717) is 6.54 Å². The minimum Gasteiger partial charge on any atom is -0.378 e. The van der Waals surface area contributed by atoms with Crippen LogP contribution in [0.1, 0.15) is 36.5 Å². The molecule has 2 aliphatic heterocycles. The highest BCUT2D eigenvalue weighted by atomic mass is 16.5. The smallest absolute Gasteiger partial charge is 0.191 e. The van der Waals surface area contributed by atoms with Crippen LogP contribution in [0.3, 0.4) is 0 Å². The van der Waals surface area contributed by atoms with Gasteiger partial charge < -0.3 is 20.3 Å². The third kappa shape index (κ3) is 6.71. The molecular formula is C26H37N5O. The van der Waals surface area contributed by atoms with Crippen molar-refractivity contribution < 1.29 is 4.74 Å². The van der Waals surface area contributed by atoms with Crippen LogP contribution < -0.4 is 15.5 Å². The van der Waals surface area contributed by atoms with Gasteiger partial charge in [0.05, 0.1) is 19.8 Å². The predicted octanol–water partition coefficient (Wildman–Crippen LogP) is 3.37. The van der Waals surface area contributed by atoms with Crippen molar-refractivity contribution in [2.45, 2.75) is 39.4 Å². The molecule has 0 bridgehead atoms. The van der Waals surface area contributed by atoms with Crippen LogP contribution in [0.15, 0.2) is 53.5 Å². The molecule has 0 amide bonds. The van der Waals surface area contributed by atoms with E-state index in [2.05, 4.69) is 75.9 Å². The fourth-order valence-corrected chi connectivity index (χ4v) is 4.29. The Labute approximate surface area is 192 Å². The molecule has 6 nitrogen and oxygen atoms in total. The number of guanidine groups is 1. The summed E-state index contributed by atoms with van der Waals surface area (Å²) in [4.78, 5) is 9.69. The quantitative estimate of drug-likeness (QED) is 0.492. The molecule has 2 heterocycles. The van der Waals surface area contributed by atoms with Gasteiger partial charge in [0.2, 0.25) is 0 Å². The topological polar surface area (TPSA) is 52.1 Å².